The molecule has 0 aliphatic carbocycles. The molecule has 2 aliphatic heterocycles. The van der Waals surface area contributed by atoms with Gasteiger partial charge in [-0.25, -0.2) is 9.97 Å². The molecule has 2 aliphatic rings. The van der Waals surface area contributed by atoms with E-state index < -0.39 is 0 Å². The fourth-order valence-electron chi connectivity index (χ4n) is 4.48. The number of hydrogen-bond donors (Lipinski definition) is 1. The van der Waals surface area contributed by atoms with Gasteiger partial charge < -0.3 is 10.2 Å². The first-order valence-corrected chi connectivity index (χ1v) is 10.7. The molecule has 29 heavy (non-hydrogen) atoms. The Morgan fingerprint density at radius 2 is 2.03 bits per heavy atom. The Kier molecular flexibility index (Phi) is 6.09. The Bertz CT molecular complexity index is 837. The van der Waals surface area contributed by atoms with Gasteiger partial charge >= 0.3 is 0 Å². The highest BCUT2D eigenvalue weighted by molar-refractivity contribution is 5.73. The molecule has 1 aromatic carbocycles. The van der Waals surface area contributed by atoms with Crippen molar-refractivity contribution in [2.24, 2.45) is 0 Å². The summed E-state index contributed by atoms with van der Waals surface area (Å²) in [6.45, 7) is 6.21. The molecule has 6 nitrogen and oxygen atoms in total. The molecular formula is C23H31N5O. The number of carbonyl (C=O) groups excluding carboxylic acids is 1. The highest BCUT2D eigenvalue weighted by atomic mass is 16.2. The van der Waals surface area contributed by atoms with Crippen molar-refractivity contribution in [1.29, 1.82) is 0 Å². The number of amides is 1. The fourth-order valence-corrected chi connectivity index (χ4v) is 4.48. The molecule has 0 unspecified atom stereocenters. The Morgan fingerprint density at radius 1 is 1.21 bits per heavy atom. The van der Waals surface area contributed by atoms with Crippen LogP contribution >= 0.6 is 0 Å². The lowest BCUT2D eigenvalue weighted by Crippen LogP contribution is -2.38. The summed E-state index contributed by atoms with van der Waals surface area (Å²) in [7, 11) is 1.94. The number of nitrogens with zero attached hydrogens (tertiary/aromatic N) is 4. The van der Waals surface area contributed by atoms with Crippen molar-refractivity contribution < 1.29 is 4.79 Å². The van der Waals surface area contributed by atoms with Crippen molar-refractivity contribution in [3.8, 4) is 0 Å². The van der Waals surface area contributed by atoms with Gasteiger partial charge in [-0.1, -0.05) is 30.3 Å². The van der Waals surface area contributed by atoms with Crippen LogP contribution in [0.3, 0.4) is 0 Å². The van der Waals surface area contributed by atoms with E-state index in [0.29, 0.717) is 0 Å². The molecular weight excluding hydrogens is 362 g/mol. The number of aromatic nitrogens is 2. The minimum atomic E-state index is 0.149. The molecule has 3 heterocycles. The minimum Gasteiger partial charge on any atom is -0.373 e. The van der Waals surface area contributed by atoms with E-state index in [9.17, 15) is 4.79 Å². The lowest BCUT2D eigenvalue weighted by Gasteiger charge is -2.33. The van der Waals surface area contributed by atoms with E-state index >= 15 is 0 Å². The van der Waals surface area contributed by atoms with Crippen molar-refractivity contribution in [2.75, 3.05) is 38.5 Å². The van der Waals surface area contributed by atoms with Crippen LogP contribution in [0.2, 0.25) is 0 Å². The molecule has 0 spiro atoms. The van der Waals surface area contributed by atoms with Crippen LogP contribution in [-0.4, -0.2) is 58.9 Å². The predicted molar refractivity (Wildman–Crippen MR) is 115 cm³/mol. The quantitative estimate of drug-likeness (QED) is 0.846. The van der Waals surface area contributed by atoms with E-state index in [1.54, 1.807) is 6.92 Å². The van der Waals surface area contributed by atoms with Crippen LogP contribution in [0, 0.1) is 0 Å². The smallest absolute Gasteiger partial charge is 0.219 e. The summed E-state index contributed by atoms with van der Waals surface area (Å²) in [4.78, 5) is 26.1. The van der Waals surface area contributed by atoms with Crippen LogP contribution in [0.1, 0.15) is 48.3 Å². The summed E-state index contributed by atoms with van der Waals surface area (Å²) in [5.41, 5.74) is 3.79. The van der Waals surface area contributed by atoms with Gasteiger partial charge in [-0.3, -0.25) is 9.69 Å². The molecule has 0 saturated carbocycles. The first-order valence-electron chi connectivity index (χ1n) is 10.7. The van der Waals surface area contributed by atoms with Gasteiger partial charge in [0.2, 0.25) is 5.91 Å². The van der Waals surface area contributed by atoms with E-state index in [1.807, 2.05) is 11.9 Å². The van der Waals surface area contributed by atoms with Crippen LogP contribution in [0.4, 0.5) is 5.82 Å². The Balaban J connectivity index is 1.48. The standard InChI is InChI=1S/C23H31N5O/c1-17(29)28-12-6-9-19(15-28)22-25-21-11-14-27(16-20(21)23(24-2)26-22)13-10-18-7-4-3-5-8-18/h3-5,7-8,19H,6,9-16H2,1-2H3,(H,24,25,26)/t19-/m1/s1. The summed E-state index contributed by atoms with van der Waals surface area (Å²) in [5.74, 6) is 2.24. The number of piperidine rings is 1. The van der Waals surface area contributed by atoms with Gasteiger partial charge in [0.25, 0.3) is 0 Å². The van der Waals surface area contributed by atoms with Crippen LogP contribution < -0.4 is 5.32 Å². The number of nitrogens with one attached hydrogen (secondary N) is 1. The monoisotopic (exact) mass is 393 g/mol. The van der Waals surface area contributed by atoms with Crippen LogP contribution in [0.15, 0.2) is 30.3 Å². The third-order valence-corrected chi connectivity index (χ3v) is 6.18. The summed E-state index contributed by atoms with van der Waals surface area (Å²) < 4.78 is 0. The summed E-state index contributed by atoms with van der Waals surface area (Å²) in [6, 6.07) is 10.7. The van der Waals surface area contributed by atoms with Gasteiger partial charge in [0.05, 0.1) is 5.69 Å². The third-order valence-electron chi connectivity index (χ3n) is 6.18. The number of anilines is 1. The summed E-state index contributed by atoms with van der Waals surface area (Å²) >= 11 is 0. The predicted octanol–water partition coefficient (Wildman–Crippen LogP) is 2.85. The molecule has 1 fully saturated rings. The van der Waals surface area contributed by atoms with Crippen molar-refractivity contribution in [1.82, 2.24) is 19.8 Å². The van der Waals surface area contributed by atoms with E-state index in [0.717, 1.165) is 70.0 Å². The van der Waals surface area contributed by atoms with E-state index in [4.69, 9.17) is 9.97 Å². The van der Waals surface area contributed by atoms with Crippen LogP contribution in [-0.2, 0) is 24.2 Å². The Morgan fingerprint density at radius 3 is 2.79 bits per heavy atom. The molecule has 1 atom stereocenters. The number of carbonyl (C=O) groups is 1. The minimum absolute atomic E-state index is 0.149. The highest BCUT2D eigenvalue weighted by Crippen LogP contribution is 2.30. The zero-order valence-corrected chi connectivity index (χ0v) is 17.5. The van der Waals surface area contributed by atoms with Gasteiger partial charge in [0, 0.05) is 64.6 Å². The molecule has 1 N–H and O–H groups in total. The number of likely N-dealkylation sites (tertiary alicyclic amines) is 1. The lowest BCUT2D eigenvalue weighted by atomic mass is 9.96. The Hall–Kier alpha value is -2.47. The third kappa shape index (κ3) is 4.58. The first kappa shape index (κ1) is 19.8. The highest BCUT2D eigenvalue weighted by Gasteiger charge is 2.28. The van der Waals surface area contributed by atoms with Gasteiger partial charge in [0.15, 0.2) is 0 Å². The first-order chi connectivity index (χ1) is 14.1. The SMILES string of the molecule is CNc1nc([C@@H]2CCCN(C(C)=O)C2)nc2c1CN(CCc1ccccc1)CC2. The second kappa shape index (κ2) is 8.91. The zero-order chi connectivity index (χ0) is 20.2. The molecule has 2 aromatic rings. The van der Waals surface area contributed by atoms with Crippen LogP contribution in [0.25, 0.3) is 0 Å². The maximum absolute atomic E-state index is 11.8. The normalized spacial score (nSPS) is 19.7. The molecule has 0 radical (unpaired) electrons. The largest absolute Gasteiger partial charge is 0.373 e. The maximum Gasteiger partial charge on any atom is 0.219 e. The molecule has 1 saturated heterocycles. The zero-order valence-electron chi connectivity index (χ0n) is 17.5. The average Bonchev–Trinajstić information content (AvgIpc) is 2.77. The molecule has 1 aromatic heterocycles. The van der Waals surface area contributed by atoms with E-state index in [2.05, 4.69) is 40.5 Å². The van der Waals surface area contributed by atoms with Crippen molar-refractivity contribution in [3.05, 3.63) is 53.0 Å². The van der Waals surface area contributed by atoms with Crippen molar-refractivity contribution >= 4 is 11.7 Å². The van der Waals surface area contributed by atoms with Gasteiger partial charge in [-0.05, 0) is 24.8 Å². The summed E-state index contributed by atoms with van der Waals surface area (Å²) in [6.07, 6.45) is 4.09. The maximum atomic E-state index is 11.8. The molecule has 0 bridgehead atoms. The molecule has 6 heteroatoms. The second-order valence-electron chi connectivity index (χ2n) is 8.17. The molecule has 154 valence electrons. The van der Waals surface area contributed by atoms with E-state index in [1.165, 1.54) is 16.8 Å². The topological polar surface area (TPSA) is 61.4 Å². The molecule has 1 amide bonds. The molecule has 4 rings (SSSR count). The summed E-state index contributed by atoms with van der Waals surface area (Å²) in [5, 5.41) is 3.30. The van der Waals surface area contributed by atoms with Gasteiger partial charge in [0.1, 0.15) is 11.6 Å². The van der Waals surface area contributed by atoms with Gasteiger partial charge in [-0.2, -0.15) is 0 Å². The van der Waals surface area contributed by atoms with Crippen LogP contribution in [0.5, 0.6) is 0 Å². The lowest BCUT2D eigenvalue weighted by molar-refractivity contribution is -0.130. The van der Waals surface area contributed by atoms with Crippen molar-refractivity contribution in [2.45, 2.75) is 45.1 Å². The average molecular weight is 394 g/mol. The number of hydrogen-bond acceptors (Lipinski definition) is 5. The Labute approximate surface area is 173 Å². The fraction of sp³-hybridized carbons (Fsp3) is 0.522. The number of rotatable bonds is 5. The van der Waals surface area contributed by atoms with Gasteiger partial charge in [-0.15, -0.1) is 0 Å². The second-order valence-corrected chi connectivity index (χ2v) is 8.17. The number of fused-ring (bicyclic) bond motifs is 1. The van der Waals surface area contributed by atoms with Crippen molar-refractivity contribution in [3.63, 3.8) is 0 Å². The van der Waals surface area contributed by atoms with E-state index in [-0.39, 0.29) is 11.8 Å². The number of benzene rings is 1.